The van der Waals surface area contributed by atoms with Gasteiger partial charge in [-0.2, -0.15) is 0 Å². The Hall–Kier alpha value is -1.25. The van der Waals surface area contributed by atoms with Crippen LogP contribution in [0.3, 0.4) is 0 Å². The van der Waals surface area contributed by atoms with Gasteiger partial charge in [-0.25, -0.2) is 4.98 Å². The molecule has 2 N–H and O–H groups in total. The quantitative estimate of drug-likeness (QED) is 0.771. The number of aliphatic hydroxyl groups is 1. The van der Waals surface area contributed by atoms with Gasteiger partial charge in [0, 0.05) is 46.9 Å². The van der Waals surface area contributed by atoms with Crippen LogP contribution in [0.25, 0.3) is 0 Å². The van der Waals surface area contributed by atoms with Crippen molar-refractivity contribution in [3.63, 3.8) is 0 Å². The van der Waals surface area contributed by atoms with Gasteiger partial charge in [-0.3, -0.25) is 4.90 Å². The highest BCUT2D eigenvalue weighted by Crippen LogP contribution is 2.29. The van der Waals surface area contributed by atoms with E-state index < -0.39 is 12.5 Å². The fourth-order valence-corrected chi connectivity index (χ4v) is 3.43. The van der Waals surface area contributed by atoms with E-state index in [1.165, 1.54) is 5.56 Å². The summed E-state index contributed by atoms with van der Waals surface area (Å²) < 4.78 is 10.9. The van der Waals surface area contributed by atoms with Crippen molar-refractivity contribution in [1.82, 2.24) is 14.8 Å². The lowest BCUT2D eigenvalue weighted by Crippen LogP contribution is -2.51. The van der Waals surface area contributed by atoms with Gasteiger partial charge in [-0.1, -0.05) is 0 Å². The third-order valence-electron chi connectivity index (χ3n) is 4.82. The highest BCUT2D eigenvalue weighted by molar-refractivity contribution is 5.49. The Morgan fingerprint density at radius 2 is 2.17 bits per heavy atom. The molecule has 2 aliphatic heterocycles. The number of aliphatic hydroxyl groups excluding tert-OH is 1. The molecule has 2 aliphatic rings. The number of pyridine rings is 1. The number of aromatic nitrogens is 1. The van der Waals surface area contributed by atoms with E-state index in [0.29, 0.717) is 13.1 Å². The molecule has 1 saturated heterocycles. The molecular formula is C17H28N4O3. The van der Waals surface area contributed by atoms with Crippen molar-refractivity contribution in [2.75, 3.05) is 52.8 Å². The first kappa shape index (κ1) is 17.6. The van der Waals surface area contributed by atoms with Crippen molar-refractivity contribution in [3.8, 4) is 0 Å². The Kier molecular flexibility index (Phi) is 5.68. The molecule has 134 valence electrons. The van der Waals surface area contributed by atoms with Crippen LogP contribution in [0.5, 0.6) is 0 Å². The molecule has 0 spiro atoms. The van der Waals surface area contributed by atoms with Gasteiger partial charge in [-0.05, 0) is 37.1 Å². The highest BCUT2D eigenvalue weighted by atomic mass is 16.7. The van der Waals surface area contributed by atoms with Crippen molar-refractivity contribution in [2.45, 2.75) is 31.9 Å². The molecular weight excluding hydrogens is 308 g/mol. The van der Waals surface area contributed by atoms with Gasteiger partial charge in [0.25, 0.3) is 0 Å². The number of anilines is 1. The average Bonchev–Trinajstić information content (AvgIpc) is 2.58. The van der Waals surface area contributed by atoms with Crippen molar-refractivity contribution < 1.29 is 14.6 Å². The molecule has 0 aromatic carbocycles. The van der Waals surface area contributed by atoms with E-state index in [1.54, 1.807) is 14.2 Å². The molecule has 0 radical (unpaired) electrons. The topological polar surface area (TPSA) is 70.1 Å². The van der Waals surface area contributed by atoms with E-state index in [-0.39, 0.29) is 0 Å². The van der Waals surface area contributed by atoms with Gasteiger partial charge in [0.15, 0.2) is 0 Å². The Labute approximate surface area is 143 Å². The predicted molar refractivity (Wildman–Crippen MR) is 91.7 cm³/mol. The van der Waals surface area contributed by atoms with Gasteiger partial charge < -0.3 is 24.8 Å². The molecule has 24 heavy (non-hydrogen) atoms. The maximum absolute atomic E-state index is 10.4. The molecule has 7 nitrogen and oxygen atoms in total. The van der Waals surface area contributed by atoms with Crippen LogP contribution < -0.4 is 5.32 Å². The number of hydrogen-bond acceptors (Lipinski definition) is 7. The SMILES string of the molecule is COC(OC)c1nc2c(cc1CN1CCN(C)CC1O)CCCN2. The third-order valence-corrected chi connectivity index (χ3v) is 4.82. The molecule has 1 aromatic rings. The number of hydrogen-bond donors (Lipinski definition) is 2. The first-order valence-corrected chi connectivity index (χ1v) is 8.55. The highest BCUT2D eigenvalue weighted by Gasteiger charge is 2.27. The number of nitrogens with zero attached hydrogens (tertiary/aromatic N) is 3. The summed E-state index contributed by atoms with van der Waals surface area (Å²) in [5.41, 5.74) is 3.09. The summed E-state index contributed by atoms with van der Waals surface area (Å²) in [6.07, 6.45) is 1.18. The van der Waals surface area contributed by atoms with Gasteiger partial charge in [-0.15, -0.1) is 0 Å². The third kappa shape index (κ3) is 3.70. The van der Waals surface area contributed by atoms with Crippen LogP contribution >= 0.6 is 0 Å². The molecule has 3 rings (SSSR count). The second-order valence-corrected chi connectivity index (χ2v) is 6.59. The lowest BCUT2D eigenvalue weighted by atomic mass is 10.0. The number of aryl methyl sites for hydroxylation is 1. The zero-order valence-corrected chi connectivity index (χ0v) is 14.8. The molecule has 0 aliphatic carbocycles. The zero-order chi connectivity index (χ0) is 17.1. The van der Waals surface area contributed by atoms with E-state index in [0.717, 1.165) is 49.6 Å². The molecule has 1 atom stereocenters. The van der Waals surface area contributed by atoms with Gasteiger partial charge >= 0.3 is 0 Å². The maximum Gasteiger partial charge on any atom is 0.200 e. The fourth-order valence-electron chi connectivity index (χ4n) is 3.43. The summed E-state index contributed by atoms with van der Waals surface area (Å²) in [6.45, 7) is 4.03. The molecule has 0 saturated carbocycles. The van der Waals surface area contributed by atoms with Crippen LogP contribution in [0.1, 0.15) is 29.5 Å². The van der Waals surface area contributed by atoms with Crippen LogP contribution in [0, 0.1) is 0 Å². The van der Waals surface area contributed by atoms with E-state index in [1.807, 2.05) is 7.05 Å². The van der Waals surface area contributed by atoms with Crippen molar-refractivity contribution >= 4 is 5.82 Å². The largest absolute Gasteiger partial charge is 0.377 e. The average molecular weight is 336 g/mol. The molecule has 1 unspecified atom stereocenters. The minimum Gasteiger partial charge on any atom is -0.377 e. The van der Waals surface area contributed by atoms with Crippen molar-refractivity contribution in [1.29, 1.82) is 0 Å². The maximum atomic E-state index is 10.4. The van der Waals surface area contributed by atoms with Gasteiger partial charge in [0.2, 0.25) is 6.29 Å². The normalized spacial score (nSPS) is 22.5. The summed E-state index contributed by atoms with van der Waals surface area (Å²) in [5.74, 6) is 0.929. The number of nitrogens with one attached hydrogen (secondary N) is 1. The zero-order valence-electron chi connectivity index (χ0n) is 14.8. The number of methoxy groups -OCH3 is 2. The standard InChI is InChI=1S/C17H28N4O3/c1-20-7-8-21(14(22)11-20)10-13-9-12-5-4-6-18-16(12)19-15(13)17(23-2)24-3/h9,14,17,22H,4-8,10-11H2,1-3H3,(H,18,19). The molecule has 0 amide bonds. The molecule has 3 heterocycles. The summed E-state index contributed by atoms with van der Waals surface area (Å²) in [6, 6.07) is 2.19. The van der Waals surface area contributed by atoms with E-state index in [2.05, 4.69) is 21.2 Å². The molecule has 1 aromatic heterocycles. The van der Waals surface area contributed by atoms with Crippen LogP contribution in [-0.2, 0) is 22.4 Å². The smallest absolute Gasteiger partial charge is 0.200 e. The number of likely N-dealkylation sites (N-methyl/N-ethyl adjacent to an activating group) is 1. The number of piperazine rings is 1. The molecule has 7 heteroatoms. The number of rotatable bonds is 5. The minimum absolute atomic E-state index is 0.464. The first-order chi connectivity index (χ1) is 11.6. The second kappa shape index (κ2) is 7.76. The first-order valence-electron chi connectivity index (χ1n) is 8.55. The number of fused-ring (bicyclic) bond motifs is 1. The summed E-state index contributed by atoms with van der Waals surface area (Å²) in [5, 5.41) is 13.7. The summed E-state index contributed by atoms with van der Waals surface area (Å²) in [4.78, 5) is 9.01. The van der Waals surface area contributed by atoms with E-state index in [9.17, 15) is 5.11 Å². The van der Waals surface area contributed by atoms with Gasteiger partial charge in [0.05, 0.1) is 0 Å². The van der Waals surface area contributed by atoms with Crippen LogP contribution in [0.2, 0.25) is 0 Å². The lowest BCUT2D eigenvalue weighted by molar-refractivity contribution is -0.110. The fraction of sp³-hybridized carbons (Fsp3) is 0.706. The van der Waals surface area contributed by atoms with Crippen LogP contribution in [-0.4, -0.2) is 73.6 Å². The van der Waals surface area contributed by atoms with Crippen molar-refractivity contribution in [2.24, 2.45) is 0 Å². The Balaban J connectivity index is 1.89. The Morgan fingerprint density at radius 1 is 1.38 bits per heavy atom. The Bertz CT molecular complexity index is 565. The monoisotopic (exact) mass is 336 g/mol. The van der Waals surface area contributed by atoms with Crippen molar-refractivity contribution in [3.05, 3.63) is 22.9 Å². The second-order valence-electron chi connectivity index (χ2n) is 6.59. The van der Waals surface area contributed by atoms with Crippen LogP contribution in [0.4, 0.5) is 5.82 Å². The molecule has 1 fully saturated rings. The predicted octanol–water partition coefficient (Wildman–Crippen LogP) is 0.797. The summed E-state index contributed by atoms with van der Waals surface area (Å²) in [7, 11) is 5.28. The minimum atomic E-state index is -0.501. The van der Waals surface area contributed by atoms with E-state index in [4.69, 9.17) is 14.5 Å². The Morgan fingerprint density at radius 3 is 2.88 bits per heavy atom. The number of β-amino-alcohol motifs (C(OH)–C–C–N with tert-alkyl or cyclic N) is 1. The van der Waals surface area contributed by atoms with Crippen LogP contribution in [0.15, 0.2) is 6.07 Å². The summed E-state index contributed by atoms with van der Waals surface area (Å²) >= 11 is 0. The lowest BCUT2D eigenvalue weighted by Gasteiger charge is -2.37. The van der Waals surface area contributed by atoms with Gasteiger partial charge in [0.1, 0.15) is 17.7 Å². The number of ether oxygens (including phenoxy) is 2. The molecule has 0 bridgehead atoms. The van der Waals surface area contributed by atoms with E-state index >= 15 is 0 Å².